The van der Waals surface area contributed by atoms with Crippen LogP contribution in [0.3, 0.4) is 0 Å². The highest BCUT2D eigenvalue weighted by atomic mass is 16.6. The maximum absolute atomic E-state index is 11.9. The largest absolute Gasteiger partial charge is 0.271 e. The Bertz CT molecular complexity index is 919. The highest BCUT2D eigenvalue weighted by Crippen LogP contribution is 2.11. The molecule has 25 heavy (non-hydrogen) atoms. The number of aromatic nitrogens is 3. The molecule has 1 amide bonds. The molecule has 1 aromatic heterocycles. The van der Waals surface area contributed by atoms with Crippen LogP contribution in [0.2, 0.25) is 0 Å². The number of nitro benzene ring substituents is 1. The highest BCUT2D eigenvalue weighted by molar-refractivity contribution is 5.94. The minimum absolute atomic E-state index is 0.0856. The number of nitrogens with one attached hydrogen (secondary N) is 1. The molecule has 0 aliphatic rings. The molecule has 9 nitrogen and oxygen atoms in total. The number of hydrazone groups is 1. The monoisotopic (exact) mass is 336 g/mol. The summed E-state index contributed by atoms with van der Waals surface area (Å²) >= 11 is 0. The number of rotatable bonds is 5. The van der Waals surface area contributed by atoms with E-state index in [1.165, 1.54) is 41.5 Å². The predicted octanol–water partition coefficient (Wildman–Crippen LogP) is 1.94. The Labute approximate surface area is 141 Å². The van der Waals surface area contributed by atoms with Gasteiger partial charge in [0.1, 0.15) is 5.69 Å². The van der Waals surface area contributed by atoms with Crippen molar-refractivity contribution < 1.29 is 9.72 Å². The van der Waals surface area contributed by atoms with Gasteiger partial charge in [-0.05, 0) is 24.3 Å². The smallest absolute Gasteiger partial charge is 0.267 e. The highest BCUT2D eigenvalue weighted by Gasteiger charge is 2.08. The van der Waals surface area contributed by atoms with E-state index in [1.54, 1.807) is 0 Å². The molecule has 0 atom stereocenters. The first-order valence-electron chi connectivity index (χ1n) is 7.19. The molecule has 1 N–H and O–H groups in total. The first-order valence-corrected chi connectivity index (χ1v) is 7.19. The maximum Gasteiger partial charge on any atom is 0.271 e. The Morgan fingerprint density at radius 1 is 1.16 bits per heavy atom. The molecule has 0 spiro atoms. The summed E-state index contributed by atoms with van der Waals surface area (Å²) in [7, 11) is 0. The van der Waals surface area contributed by atoms with E-state index in [2.05, 4.69) is 20.7 Å². The summed E-state index contributed by atoms with van der Waals surface area (Å²) in [5.41, 5.74) is 3.77. The van der Waals surface area contributed by atoms with Gasteiger partial charge in [0.15, 0.2) is 0 Å². The Hall–Kier alpha value is -3.88. The van der Waals surface area contributed by atoms with Gasteiger partial charge in [-0.25, -0.2) is 5.43 Å². The fourth-order valence-corrected chi connectivity index (χ4v) is 1.98. The molecule has 0 saturated carbocycles. The van der Waals surface area contributed by atoms with Crippen molar-refractivity contribution in [3.05, 3.63) is 82.2 Å². The number of carbonyl (C=O) groups is 1. The molecule has 0 fully saturated rings. The van der Waals surface area contributed by atoms with Gasteiger partial charge in [-0.15, -0.1) is 5.10 Å². The van der Waals surface area contributed by atoms with Crippen molar-refractivity contribution in [1.29, 1.82) is 0 Å². The predicted molar refractivity (Wildman–Crippen MR) is 89.5 cm³/mol. The molecule has 3 rings (SSSR count). The normalized spacial score (nSPS) is 10.7. The second-order valence-corrected chi connectivity index (χ2v) is 4.90. The third kappa shape index (κ3) is 3.91. The van der Waals surface area contributed by atoms with Crippen LogP contribution < -0.4 is 5.43 Å². The van der Waals surface area contributed by atoms with E-state index in [9.17, 15) is 14.9 Å². The summed E-state index contributed by atoms with van der Waals surface area (Å²) in [6, 6.07) is 14.6. The standard InChI is InChI=1S/C16H12N6O3/c23-16(12-6-8-15(9-7-12)22(24)25)19-17-10-13-11-18-21(20-13)14-4-2-1-3-5-14/h1-11H,(H,19,23)/b17-10+. The average molecular weight is 336 g/mol. The lowest BCUT2D eigenvalue weighted by Gasteiger charge is -1.99. The van der Waals surface area contributed by atoms with E-state index in [0.29, 0.717) is 5.69 Å². The summed E-state index contributed by atoms with van der Waals surface area (Å²) in [5, 5.41) is 22.7. The second-order valence-electron chi connectivity index (χ2n) is 4.90. The van der Waals surface area contributed by atoms with Gasteiger partial charge in [0.05, 0.1) is 23.0 Å². The number of para-hydroxylation sites is 1. The molecule has 2 aromatic carbocycles. The molecular formula is C16H12N6O3. The molecule has 0 aliphatic carbocycles. The third-order valence-electron chi connectivity index (χ3n) is 3.20. The van der Waals surface area contributed by atoms with Gasteiger partial charge in [0.2, 0.25) is 0 Å². The number of non-ortho nitro benzene ring substituents is 1. The van der Waals surface area contributed by atoms with Crippen LogP contribution >= 0.6 is 0 Å². The summed E-state index contributed by atoms with van der Waals surface area (Å²) in [4.78, 5) is 23.4. The van der Waals surface area contributed by atoms with E-state index < -0.39 is 10.8 Å². The molecular weight excluding hydrogens is 324 g/mol. The molecule has 0 saturated heterocycles. The van der Waals surface area contributed by atoms with Crippen LogP contribution in [0.4, 0.5) is 5.69 Å². The van der Waals surface area contributed by atoms with Crippen molar-refractivity contribution in [2.24, 2.45) is 5.10 Å². The van der Waals surface area contributed by atoms with Crippen LogP contribution in [-0.2, 0) is 0 Å². The number of nitrogens with zero attached hydrogens (tertiary/aromatic N) is 5. The Kier molecular flexibility index (Phi) is 4.56. The van der Waals surface area contributed by atoms with E-state index >= 15 is 0 Å². The van der Waals surface area contributed by atoms with Crippen LogP contribution in [0, 0.1) is 10.1 Å². The van der Waals surface area contributed by atoms with Crippen LogP contribution in [0.15, 0.2) is 65.9 Å². The fraction of sp³-hybridized carbons (Fsp3) is 0. The van der Waals surface area contributed by atoms with Crippen molar-refractivity contribution in [2.75, 3.05) is 0 Å². The van der Waals surface area contributed by atoms with Crippen LogP contribution in [0.1, 0.15) is 16.1 Å². The molecule has 124 valence electrons. The van der Waals surface area contributed by atoms with E-state index in [4.69, 9.17) is 0 Å². The first kappa shape index (κ1) is 16.0. The second kappa shape index (κ2) is 7.13. The number of benzene rings is 2. The number of amides is 1. The summed E-state index contributed by atoms with van der Waals surface area (Å²) in [6.07, 6.45) is 2.87. The third-order valence-corrected chi connectivity index (χ3v) is 3.20. The zero-order valence-electron chi connectivity index (χ0n) is 12.8. The summed E-state index contributed by atoms with van der Waals surface area (Å²) < 4.78 is 0. The van der Waals surface area contributed by atoms with Gasteiger partial charge >= 0.3 is 0 Å². The molecule has 9 heteroatoms. The number of carbonyl (C=O) groups excluding carboxylic acids is 1. The van der Waals surface area contributed by atoms with E-state index in [-0.39, 0.29) is 11.3 Å². The van der Waals surface area contributed by atoms with Crippen molar-refractivity contribution >= 4 is 17.8 Å². The Morgan fingerprint density at radius 3 is 2.56 bits per heavy atom. The number of nitro groups is 1. The van der Waals surface area contributed by atoms with Crippen molar-refractivity contribution in [3.63, 3.8) is 0 Å². The van der Waals surface area contributed by atoms with Gasteiger partial charge in [0.25, 0.3) is 11.6 Å². The van der Waals surface area contributed by atoms with Gasteiger partial charge in [-0.2, -0.15) is 15.0 Å². The summed E-state index contributed by atoms with van der Waals surface area (Å²) in [5.74, 6) is -0.485. The number of hydrogen-bond donors (Lipinski definition) is 1. The lowest BCUT2D eigenvalue weighted by molar-refractivity contribution is -0.384. The van der Waals surface area contributed by atoms with Crippen LogP contribution in [0.5, 0.6) is 0 Å². The van der Waals surface area contributed by atoms with E-state index in [0.717, 1.165) is 5.69 Å². The molecule has 0 aliphatic heterocycles. The van der Waals surface area contributed by atoms with Gasteiger partial charge in [-0.3, -0.25) is 14.9 Å². The van der Waals surface area contributed by atoms with Crippen molar-refractivity contribution in [2.45, 2.75) is 0 Å². The summed E-state index contributed by atoms with van der Waals surface area (Å²) in [6.45, 7) is 0. The van der Waals surface area contributed by atoms with Crippen LogP contribution in [0.25, 0.3) is 5.69 Å². The van der Waals surface area contributed by atoms with Gasteiger partial charge in [-0.1, -0.05) is 18.2 Å². The average Bonchev–Trinajstić information content (AvgIpc) is 3.11. The van der Waals surface area contributed by atoms with Gasteiger partial charge < -0.3 is 0 Å². The Morgan fingerprint density at radius 2 is 1.88 bits per heavy atom. The fourth-order valence-electron chi connectivity index (χ4n) is 1.98. The first-order chi connectivity index (χ1) is 12.1. The molecule has 0 unspecified atom stereocenters. The molecule has 3 aromatic rings. The lowest BCUT2D eigenvalue weighted by atomic mass is 10.2. The maximum atomic E-state index is 11.9. The molecule has 0 radical (unpaired) electrons. The topological polar surface area (TPSA) is 115 Å². The zero-order valence-corrected chi connectivity index (χ0v) is 12.8. The molecule has 1 heterocycles. The van der Waals surface area contributed by atoms with Crippen molar-refractivity contribution in [1.82, 2.24) is 20.4 Å². The minimum atomic E-state index is -0.532. The molecule has 0 bridgehead atoms. The quantitative estimate of drug-likeness (QED) is 0.434. The SMILES string of the molecule is O=C(N/N=C/c1cnn(-c2ccccc2)n1)c1ccc([N+](=O)[O-])cc1. The lowest BCUT2D eigenvalue weighted by Crippen LogP contribution is -2.17. The zero-order chi connectivity index (χ0) is 17.6. The van der Waals surface area contributed by atoms with Crippen molar-refractivity contribution in [3.8, 4) is 5.69 Å². The van der Waals surface area contributed by atoms with Crippen LogP contribution in [-0.4, -0.2) is 32.0 Å². The Balaban J connectivity index is 1.62. The van der Waals surface area contributed by atoms with E-state index in [1.807, 2.05) is 30.3 Å². The minimum Gasteiger partial charge on any atom is -0.267 e. The number of hydrogen-bond acceptors (Lipinski definition) is 6. The van der Waals surface area contributed by atoms with Gasteiger partial charge in [0, 0.05) is 17.7 Å².